The summed E-state index contributed by atoms with van der Waals surface area (Å²) >= 11 is 0. The number of ether oxygens (including phenoxy) is 1. The summed E-state index contributed by atoms with van der Waals surface area (Å²) in [5, 5.41) is 0. The molecule has 0 N–H and O–H groups in total. The third-order valence-corrected chi connectivity index (χ3v) is 7.85. The van der Waals surface area contributed by atoms with Gasteiger partial charge in [0.1, 0.15) is 6.10 Å². The molecule has 25 heavy (non-hydrogen) atoms. The van der Waals surface area contributed by atoms with Crippen LogP contribution >= 0.6 is 0 Å². The molecule has 0 amide bonds. The Morgan fingerprint density at radius 1 is 1.32 bits per heavy atom. The van der Waals surface area contributed by atoms with E-state index in [0.717, 1.165) is 31.3 Å². The molecule has 0 saturated heterocycles. The zero-order valence-electron chi connectivity index (χ0n) is 15.7. The summed E-state index contributed by atoms with van der Waals surface area (Å²) < 4.78 is 5.72. The van der Waals surface area contributed by atoms with E-state index in [-0.39, 0.29) is 23.4 Å². The number of esters is 1. The molecule has 3 fully saturated rings. The molecule has 4 rings (SSSR count). The number of carbonyl (C=O) groups is 2. The van der Waals surface area contributed by atoms with Crippen molar-refractivity contribution in [2.24, 2.45) is 35.0 Å². The van der Waals surface area contributed by atoms with Gasteiger partial charge in [-0.05, 0) is 73.8 Å². The van der Waals surface area contributed by atoms with Gasteiger partial charge in [0.15, 0.2) is 5.78 Å². The zero-order valence-corrected chi connectivity index (χ0v) is 15.7. The van der Waals surface area contributed by atoms with E-state index >= 15 is 0 Å². The Balaban J connectivity index is 1.62. The van der Waals surface area contributed by atoms with Gasteiger partial charge in [-0.3, -0.25) is 9.59 Å². The number of carbonyl (C=O) groups excluding carboxylic acids is 2. The van der Waals surface area contributed by atoms with Crippen molar-refractivity contribution in [2.75, 3.05) is 0 Å². The Kier molecular flexibility index (Phi) is 3.97. The lowest BCUT2D eigenvalue weighted by Crippen LogP contribution is -2.48. The smallest absolute Gasteiger partial charge is 0.303 e. The van der Waals surface area contributed by atoms with E-state index in [2.05, 4.69) is 20.4 Å². The molecule has 0 aromatic rings. The van der Waals surface area contributed by atoms with Gasteiger partial charge in [-0.1, -0.05) is 26.0 Å². The lowest BCUT2D eigenvalue weighted by Gasteiger charge is -2.53. The molecule has 3 saturated carbocycles. The van der Waals surface area contributed by atoms with Gasteiger partial charge >= 0.3 is 5.97 Å². The first-order chi connectivity index (χ1) is 11.8. The predicted octanol–water partition coefficient (Wildman–Crippen LogP) is 4.47. The molecule has 3 nitrogen and oxygen atoms in total. The molecule has 0 aliphatic heterocycles. The highest BCUT2D eigenvalue weighted by Gasteiger charge is 2.58. The lowest BCUT2D eigenvalue weighted by atomic mass is 9.51. The molecule has 0 bridgehead atoms. The highest BCUT2D eigenvalue weighted by molar-refractivity contribution is 5.93. The molecule has 3 heteroatoms. The first-order valence-corrected chi connectivity index (χ1v) is 9.90. The van der Waals surface area contributed by atoms with Gasteiger partial charge in [-0.2, -0.15) is 0 Å². The van der Waals surface area contributed by atoms with Gasteiger partial charge in [0.05, 0.1) is 0 Å². The summed E-state index contributed by atoms with van der Waals surface area (Å²) in [4.78, 5) is 23.7. The van der Waals surface area contributed by atoms with Crippen LogP contribution in [0.4, 0.5) is 0 Å². The summed E-state index contributed by atoms with van der Waals surface area (Å²) in [6, 6.07) is 0. The molecule has 0 radical (unpaired) electrons. The van der Waals surface area contributed by atoms with Crippen molar-refractivity contribution in [3.05, 3.63) is 23.8 Å². The topological polar surface area (TPSA) is 43.4 Å². The number of hydrogen-bond acceptors (Lipinski definition) is 3. The lowest BCUT2D eigenvalue weighted by molar-refractivity contribution is -0.153. The van der Waals surface area contributed by atoms with Crippen LogP contribution in [0.2, 0.25) is 0 Å². The van der Waals surface area contributed by atoms with Crippen molar-refractivity contribution in [3.8, 4) is 0 Å². The average molecular weight is 342 g/mol. The van der Waals surface area contributed by atoms with Crippen LogP contribution in [0.1, 0.15) is 59.3 Å². The molecule has 136 valence electrons. The molecule has 4 aliphatic rings. The average Bonchev–Trinajstić information content (AvgIpc) is 2.80. The predicted molar refractivity (Wildman–Crippen MR) is 96.7 cm³/mol. The van der Waals surface area contributed by atoms with Crippen molar-refractivity contribution in [1.82, 2.24) is 0 Å². The molecular weight excluding hydrogens is 312 g/mol. The van der Waals surface area contributed by atoms with E-state index < -0.39 is 0 Å². The van der Waals surface area contributed by atoms with Gasteiger partial charge in [0.25, 0.3) is 0 Å². The molecule has 0 aromatic heterocycles. The van der Waals surface area contributed by atoms with Crippen LogP contribution in [-0.2, 0) is 14.3 Å². The van der Waals surface area contributed by atoms with Crippen LogP contribution in [0, 0.1) is 35.0 Å². The first kappa shape index (κ1) is 17.1. The maximum absolute atomic E-state index is 12.1. The van der Waals surface area contributed by atoms with Crippen LogP contribution in [-0.4, -0.2) is 17.9 Å². The molecule has 1 unspecified atom stereocenters. The molecule has 4 aliphatic carbocycles. The molecule has 0 aromatic carbocycles. The van der Waals surface area contributed by atoms with E-state index in [4.69, 9.17) is 4.74 Å². The summed E-state index contributed by atoms with van der Waals surface area (Å²) in [6.07, 6.45) is 8.42. The van der Waals surface area contributed by atoms with E-state index in [1.54, 1.807) is 0 Å². The molecule has 0 spiro atoms. The third kappa shape index (κ3) is 2.53. The Bertz CT molecular complexity index is 660. The highest BCUT2D eigenvalue weighted by Crippen LogP contribution is 2.63. The summed E-state index contributed by atoms with van der Waals surface area (Å²) in [6.45, 7) is 10.2. The minimum Gasteiger partial charge on any atom is -0.457 e. The highest BCUT2D eigenvalue weighted by atomic mass is 16.5. The number of hydrogen-bond donors (Lipinski definition) is 0. The van der Waals surface area contributed by atoms with Crippen molar-refractivity contribution in [3.63, 3.8) is 0 Å². The van der Waals surface area contributed by atoms with E-state index in [9.17, 15) is 9.59 Å². The van der Waals surface area contributed by atoms with Crippen LogP contribution in [0.5, 0.6) is 0 Å². The van der Waals surface area contributed by atoms with Crippen molar-refractivity contribution in [1.29, 1.82) is 0 Å². The number of rotatable bonds is 1. The number of ketones is 1. The van der Waals surface area contributed by atoms with Gasteiger partial charge in [-0.25, -0.2) is 0 Å². The number of allylic oxidation sites excluding steroid dienone is 1. The standard InChI is InChI=1S/C22H30O3/c1-12-9-18-15(11-20(12)24)5-6-17-16(18)7-8-22(4)19(17)10-13(2)21(22)25-14(3)23/h11-12,16-19,21H,2,5-10H2,1,3-4H3/t12?,16-,17+,18-,19-,21-,22-/m0/s1. The van der Waals surface area contributed by atoms with Gasteiger partial charge < -0.3 is 4.74 Å². The van der Waals surface area contributed by atoms with Gasteiger partial charge in [0, 0.05) is 18.3 Å². The monoisotopic (exact) mass is 342 g/mol. The Hall–Kier alpha value is -1.38. The molecule has 7 atom stereocenters. The van der Waals surface area contributed by atoms with E-state index in [0.29, 0.717) is 29.5 Å². The summed E-state index contributed by atoms with van der Waals surface area (Å²) in [7, 11) is 0. The SMILES string of the molecule is C=C1C[C@H]2[C@@H]3CCC4=CC(=O)C(C)C[C@@H]4[C@H]3CC[C@]2(C)[C@H]1OC(C)=O. The summed E-state index contributed by atoms with van der Waals surface area (Å²) in [5.74, 6) is 2.84. The first-order valence-electron chi connectivity index (χ1n) is 9.90. The third-order valence-electron chi connectivity index (χ3n) is 7.85. The van der Waals surface area contributed by atoms with Crippen molar-refractivity contribution in [2.45, 2.75) is 65.4 Å². The Morgan fingerprint density at radius 2 is 2.08 bits per heavy atom. The normalized spacial score (nSPS) is 46.0. The second-order valence-corrected chi connectivity index (χ2v) is 9.23. The second-order valence-electron chi connectivity index (χ2n) is 9.23. The maximum atomic E-state index is 12.1. The maximum Gasteiger partial charge on any atom is 0.303 e. The quantitative estimate of drug-likeness (QED) is 0.521. The fourth-order valence-electron chi connectivity index (χ4n) is 6.65. The Morgan fingerprint density at radius 3 is 2.80 bits per heavy atom. The van der Waals surface area contributed by atoms with E-state index in [1.165, 1.54) is 25.3 Å². The minimum atomic E-state index is -0.191. The Labute approximate surface area is 150 Å². The fraction of sp³-hybridized carbons (Fsp3) is 0.727. The number of fused-ring (bicyclic) bond motifs is 5. The van der Waals surface area contributed by atoms with Crippen LogP contribution in [0.25, 0.3) is 0 Å². The van der Waals surface area contributed by atoms with Gasteiger partial charge in [-0.15, -0.1) is 0 Å². The van der Waals surface area contributed by atoms with Crippen molar-refractivity contribution < 1.29 is 14.3 Å². The van der Waals surface area contributed by atoms with E-state index in [1.807, 2.05) is 6.08 Å². The zero-order chi connectivity index (χ0) is 17.9. The largest absolute Gasteiger partial charge is 0.457 e. The fourth-order valence-corrected chi connectivity index (χ4v) is 6.65. The minimum absolute atomic E-state index is 0.0429. The van der Waals surface area contributed by atoms with Gasteiger partial charge in [0.2, 0.25) is 0 Å². The molecule has 0 heterocycles. The van der Waals surface area contributed by atoms with Crippen LogP contribution in [0.15, 0.2) is 23.8 Å². The van der Waals surface area contributed by atoms with Crippen LogP contribution in [0.3, 0.4) is 0 Å². The van der Waals surface area contributed by atoms with Crippen LogP contribution < -0.4 is 0 Å². The second kappa shape index (κ2) is 5.82. The van der Waals surface area contributed by atoms with Crippen molar-refractivity contribution >= 4 is 11.8 Å². The summed E-state index contributed by atoms with van der Waals surface area (Å²) in [5.41, 5.74) is 2.57. The molecular formula is C22H30O3.